The molecule has 0 spiro atoms. The third-order valence-corrected chi connectivity index (χ3v) is 5.20. The van der Waals surface area contributed by atoms with Crippen molar-refractivity contribution < 1.29 is 0 Å². The number of nitrogens with two attached hydrogens (primary N) is 1. The van der Waals surface area contributed by atoms with Gasteiger partial charge in [0.05, 0.1) is 35.0 Å². The van der Waals surface area contributed by atoms with E-state index in [4.69, 9.17) is 11.0 Å². The van der Waals surface area contributed by atoms with Crippen LogP contribution >= 0.6 is 0 Å². The van der Waals surface area contributed by atoms with Gasteiger partial charge >= 0.3 is 0 Å². The average Bonchev–Trinajstić information content (AvgIpc) is 2.67. The monoisotopic (exact) mass is 325 g/mol. The van der Waals surface area contributed by atoms with Crippen molar-refractivity contribution in [2.45, 2.75) is 25.2 Å². The third-order valence-electron chi connectivity index (χ3n) is 5.20. The van der Waals surface area contributed by atoms with Crippen LogP contribution in [0.4, 0.5) is 0 Å². The fourth-order valence-electron chi connectivity index (χ4n) is 4.01. The molecule has 1 aromatic rings. The Morgan fingerprint density at radius 1 is 1.00 bits per heavy atom. The van der Waals surface area contributed by atoms with Crippen molar-refractivity contribution in [2.24, 2.45) is 17.1 Å². The maximum absolute atomic E-state index is 9.88. The number of allylic oxidation sites excluding steroid dienone is 4. The molecule has 0 fully saturated rings. The zero-order valence-electron chi connectivity index (χ0n) is 13.5. The molecule has 0 aromatic heterocycles. The topological polar surface area (TPSA) is 121 Å². The lowest BCUT2D eigenvalue weighted by Crippen LogP contribution is -2.42. The van der Waals surface area contributed by atoms with Gasteiger partial charge in [0, 0.05) is 5.92 Å². The third kappa shape index (κ3) is 2.27. The van der Waals surface area contributed by atoms with Crippen molar-refractivity contribution in [3.05, 3.63) is 58.3 Å². The first-order chi connectivity index (χ1) is 12.1. The molecule has 0 heterocycles. The lowest BCUT2D eigenvalue weighted by atomic mass is 9.57. The molecule has 5 heteroatoms. The summed E-state index contributed by atoms with van der Waals surface area (Å²) < 4.78 is 0. The van der Waals surface area contributed by atoms with E-state index in [0.29, 0.717) is 5.56 Å². The minimum absolute atomic E-state index is 0.0405. The first kappa shape index (κ1) is 16.3. The summed E-state index contributed by atoms with van der Waals surface area (Å²) in [5, 5.41) is 38.3. The molecule has 2 N–H and O–H groups in total. The van der Waals surface area contributed by atoms with Crippen LogP contribution in [-0.4, -0.2) is 0 Å². The van der Waals surface area contributed by atoms with E-state index in [9.17, 15) is 15.8 Å². The van der Waals surface area contributed by atoms with Gasteiger partial charge in [-0.05, 0) is 48.4 Å². The van der Waals surface area contributed by atoms with Crippen molar-refractivity contribution >= 4 is 0 Å². The molecular formula is C20H15N5. The van der Waals surface area contributed by atoms with Gasteiger partial charge in [-0.1, -0.05) is 18.2 Å². The normalized spacial score (nSPS) is 23.9. The van der Waals surface area contributed by atoms with Gasteiger partial charge in [0.2, 0.25) is 0 Å². The number of nitriles is 4. The zero-order chi connectivity index (χ0) is 18.0. The highest BCUT2D eigenvalue weighted by Gasteiger charge is 2.53. The number of benzene rings is 1. The summed E-state index contributed by atoms with van der Waals surface area (Å²) in [6.45, 7) is 0. The molecular weight excluding hydrogens is 310 g/mol. The van der Waals surface area contributed by atoms with Crippen LogP contribution in [0.15, 0.2) is 47.2 Å². The number of hydrogen-bond acceptors (Lipinski definition) is 5. The highest BCUT2D eigenvalue weighted by molar-refractivity contribution is 5.59. The number of nitrogens with zero attached hydrogens (tertiary/aromatic N) is 4. The van der Waals surface area contributed by atoms with Crippen molar-refractivity contribution in [1.82, 2.24) is 0 Å². The van der Waals surface area contributed by atoms with E-state index >= 15 is 0 Å². The van der Waals surface area contributed by atoms with Crippen LogP contribution in [0.25, 0.3) is 0 Å². The predicted octanol–water partition coefficient (Wildman–Crippen LogP) is 3.15. The summed E-state index contributed by atoms with van der Waals surface area (Å²) in [4.78, 5) is 0. The Morgan fingerprint density at radius 3 is 2.24 bits per heavy atom. The molecule has 0 amide bonds. The Labute approximate surface area is 146 Å². The fraction of sp³-hybridized carbons (Fsp3) is 0.300. The van der Waals surface area contributed by atoms with E-state index in [1.807, 2.05) is 6.08 Å². The van der Waals surface area contributed by atoms with Crippen LogP contribution in [0.1, 0.15) is 36.3 Å². The molecule has 2 atom stereocenters. The van der Waals surface area contributed by atoms with E-state index in [-0.39, 0.29) is 17.2 Å². The summed E-state index contributed by atoms with van der Waals surface area (Å²) in [7, 11) is 0. The predicted molar refractivity (Wildman–Crippen MR) is 89.8 cm³/mol. The molecule has 2 unspecified atom stereocenters. The maximum Gasteiger partial charge on any atom is 0.191 e. The zero-order valence-corrected chi connectivity index (χ0v) is 13.5. The van der Waals surface area contributed by atoms with Crippen LogP contribution in [0.5, 0.6) is 0 Å². The van der Waals surface area contributed by atoms with Crippen LogP contribution in [-0.2, 0) is 0 Å². The molecule has 2 aliphatic rings. The molecule has 1 aromatic carbocycles. The Kier molecular flexibility index (Phi) is 4.02. The van der Waals surface area contributed by atoms with Crippen LogP contribution in [0.2, 0.25) is 0 Å². The minimum atomic E-state index is -1.58. The number of rotatable bonds is 1. The lowest BCUT2D eigenvalue weighted by Gasteiger charge is -2.43. The Hall–Kier alpha value is -3.54. The van der Waals surface area contributed by atoms with Gasteiger partial charge < -0.3 is 5.73 Å². The smallest absolute Gasteiger partial charge is 0.191 e. The van der Waals surface area contributed by atoms with E-state index in [2.05, 4.69) is 24.3 Å². The van der Waals surface area contributed by atoms with Gasteiger partial charge in [0.1, 0.15) is 6.07 Å². The standard InChI is InChI=1S/C20H15N5/c21-9-13-5-7-14(8-6-13)18-16-4-2-1-3-15(16)17(10-22)19(25)20(18,11-23)12-24/h3,5-8,16,18H,1-2,4,25H2. The SMILES string of the molecule is N#CC1=C(N)C(C#N)(C#N)C(c2ccc(C#N)cc2)C2CCCC=C12. The van der Waals surface area contributed by atoms with Crippen molar-refractivity contribution in [3.63, 3.8) is 0 Å². The second kappa shape index (κ2) is 6.16. The maximum atomic E-state index is 9.88. The number of fused-ring (bicyclic) bond motifs is 1. The molecule has 120 valence electrons. The summed E-state index contributed by atoms with van der Waals surface area (Å²) in [5.74, 6) is -0.568. The Morgan fingerprint density at radius 2 is 1.68 bits per heavy atom. The summed E-state index contributed by atoms with van der Waals surface area (Å²) in [6.07, 6.45) is 4.60. The molecule has 25 heavy (non-hydrogen) atoms. The van der Waals surface area contributed by atoms with Crippen molar-refractivity contribution in [2.75, 3.05) is 0 Å². The highest BCUT2D eigenvalue weighted by Crippen LogP contribution is 2.55. The molecule has 0 radical (unpaired) electrons. The number of hydrogen-bond donors (Lipinski definition) is 1. The highest BCUT2D eigenvalue weighted by atomic mass is 14.7. The first-order valence-electron chi connectivity index (χ1n) is 8.06. The largest absolute Gasteiger partial charge is 0.399 e. The fourth-order valence-corrected chi connectivity index (χ4v) is 4.01. The van der Waals surface area contributed by atoms with Gasteiger partial charge in [-0.2, -0.15) is 21.0 Å². The van der Waals surface area contributed by atoms with E-state index < -0.39 is 11.3 Å². The molecule has 3 rings (SSSR count). The minimum Gasteiger partial charge on any atom is -0.399 e. The average molecular weight is 325 g/mol. The van der Waals surface area contributed by atoms with Crippen molar-refractivity contribution in [1.29, 1.82) is 21.0 Å². The van der Waals surface area contributed by atoms with Gasteiger partial charge in [-0.25, -0.2) is 0 Å². The summed E-state index contributed by atoms with van der Waals surface area (Å²) in [6, 6.07) is 15.3. The Bertz CT molecular complexity index is 924. The molecule has 0 saturated carbocycles. The summed E-state index contributed by atoms with van der Waals surface area (Å²) in [5.41, 5.74) is 7.08. The van der Waals surface area contributed by atoms with Gasteiger partial charge in [0.15, 0.2) is 5.41 Å². The van der Waals surface area contributed by atoms with Crippen molar-refractivity contribution in [3.8, 4) is 24.3 Å². The second-order valence-corrected chi connectivity index (χ2v) is 6.34. The van der Waals surface area contributed by atoms with Crippen LogP contribution in [0.3, 0.4) is 0 Å². The quantitative estimate of drug-likeness (QED) is 0.850. The summed E-state index contributed by atoms with van der Waals surface area (Å²) >= 11 is 0. The van der Waals surface area contributed by atoms with E-state index in [1.54, 1.807) is 24.3 Å². The second-order valence-electron chi connectivity index (χ2n) is 6.34. The lowest BCUT2D eigenvalue weighted by molar-refractivity contribution is 0.317. The van der Waals surface area contributed by atoms with Gasteiger partial charge in [-0.3, -0.25) is 0 Å². The van der Waals surface area contributed by atoms with Crippen LogP contribution in [0, 0.1) is 56.7 Å². The van der Waals surface area contributed by atoms with Gasteiger partial charge in [0.25, 0.3) is 0 Å². The van der Waals surface area contributed by atoms with E-state index in [1.165, 1.54) is 0 Å². The molecule has 0 aliphatic heterocycles. The van der Waals surface area contributed by atoms with E-state index in [0.717, 1.165) is 30.4 Å². The molecule has 5 nitrogen and oxygen atoms in total. The molecule has 0 saturated heterocycles. The first-order valence-corrected chi connectivity index (χ1v) is 8.06. The van der Waals surface area contributed by atoms with Crippen LogP contribution < -0.4 is 5.73 Å². The molecule has 2 aliphatic carbocycles. The Balaban J connectivity index is 2.29. The molecule has 0 bridgehead atoms. The van der Waals surface area contributed by atoms with Gasteiger partial charge in [-0.15, -0.1) is 0 Å².